The molecule has 0 amide bonds. The van der Waals surface area contributed by atoms with Gasteiger partial charge in [-0.2, -0.15) is 0 Å². The molecule has 0 fully saturated rings. The van der Waals surface area contributed by atoms with Gasteiger partial charge in [0.25, 0.3) is 0 Å². The Kier molecular flexibility index (Phi) is 3.90. The second kappa shape index (κ2) is 5.83. The van der Waals surface area contributed by atoms with Crippen molar-refractivity contribution in [2.24, 2.45) is 5.73 Å². The van der Waals surface area contributed by atoms with Gasteiger partial charge in [0, 0.05) is 11.8 Å². The highest BCUT2D eigenvalue weighted by Crippen LogP contribution is 2.26. The Morgan fingerprint density at radius 2 is 1.90 bits per heavy atom. The number of nitrogens with zero attached hydrogens (tertiary/aromatic N) is 3. The molecule has 2 aromatic heterocycles. The first-order chi connectivity index (χ1) is 10.1. The number of imidazole rings is 1. The molecule has 0 spiro atoms. The van der Waals surface area contributed by atoms with Gasteiger partial charge >= 0.3 is 0 Å². The molecule has 108 valence electrons. The van der Waals surface area contributed by atoms with Crippen LogP contribution in [0.2, 0.25) is 0 Å². The summed E-state index contributed by atoms with van der Waals surface area (Å²) in [5.41, 5.74) is 11.5. The predicted octanol–water partition coefficient (Wildman–Crippen LogP) is 2.76. The average Bonchev–Trinajstić information content (AvgIpc) is 2.92. The average molecular weight is 299 g/mol. The maximum Gasteiger partial charge on any atom is 0.181 e. The fourth-order valence-electron chi connectivity index (χ4n) is 2.34. The summed E-state index contributed by atoms with van der Waals surface area (Å²) in [5, 5.41) is 0.886. The van der Waals surface area contributed by atoms with Crippen molar-refractivity contribution in [3.05, 3.63) is 47.5 Å². The molecule has 3 rings (SSSR count). The first-order valence-corrected chi connectivity index (χ1v) is 7.72. The van der Waals surface area contributed by atoms with E-state index in [1.54, 1.807) is 18.1 Å². The Labute approximate surface area is 127 Å². The number of rotatable bonds is 4. The van der Waals surface area contributed by atoms with Crippen LogP contribution in [0.5, 0.6) is 0 Å². The molecule has 6 heteroatoms. The second-order valence-corrected chi connectivity index (χ2v) is 6.13. The molecule has 2 heterocycles. The van der Waals surface area contributed by atoms with E-state index in [9.17, 15) is 0 Å². The topological polar surface area (TPSA) is 80.5 Å². The lowest BCUT2D eigenvalue weighted by molar-refractivity contribution is 0.827. The van der Waals surface area contributed by atoms with E-state index in [0.717, 1.165) is 21.9 Å². The number of aromatic amines is 1. The van der Waals surface area contributed by atoms with Crippen LogP contribution in [-0.4, -0.2) is 25.7 Å². The zero-order valence-corrected chi connectivity index (χ0v) is 12.8. The molecular weight excluding hydrogens is 282 g/mol. The van der Waals surface area contributed by atoms with E-state index in [1.807, 2.05) is 0 Å². The minimum atomic E-state index is -0.0264. The standard InChI is InChI=1S/C15H17N5S/c1-9-3-10(2)5-11(4-9)12(16)6-21-15-13-14(18-7-17-13)19-8-20-15/h3-5,7-8,12H,6,16H2,1-2H3,(H,17,18,19,20). The lowest BCUT2D eigenvalue weighted by atomic mass is 10.0. The summed E-state index contributed by atoms with van der Waals surface area (Å²) >= 11 is 1.62. The van der Waals surface area contributed by atoms with Crippen molar-refractivity contribution in [3.63, 3.8) is 0 Å². The molecule has 1 unspecified atom stereocenters. The lowest BCUT2D eigenvalue weighted by Gasteiger charge is -2.13. The van der Waals surface area contributed by atoms with E-state index < -0.39 is 0 Å². The van der Waals surface area contributed by atoms with Crippen LogP contribution in [0.1, 0.15) is 22.7 Å². The van der Waals surface area contributed by atoms with Gasteiger partial charge in [-0.3, -0.25) is 0 Å². The highest BCUT2D eigenvalue weighted by molar-refractivity contribution is 7.99. The maximum atomic E-state index is 6.31. The van der Waals surface area contributed by atoms with Crippen LogP contribution in [-0.2, 0) is 0 Å². The van der Waals surface area contributed by atoms with Gasteiger partial charge in [-0.15, -0.1) is 11.8 Å². The normalized spacial score (nSPS) is 12.7. The molecule has 5 nitrogen and oxygen atoms in total. The summed E-state index contributed by atoms with van der Waals surface area (Å²) < 4.78 is 0. The molecule has 21 heavy (non-hydrogen) atoms. The smallest absolute Gasteiger partial charge is 0.181 e. The number of benzene rings is 1. The lowest BCUT2D eigenvalue weighted by Crippen LogP contribution is -2.13. The van der Waals surface area contributed by atoms with E-state index in [4.69, 9.17) is 5.73 Å². The van der Waals surface area contributed by atoms with Crippen molar-refractivity contribution in [3.8, 4) is 0 Å². The number of hydrogen-bond acceptors (Lipinski definition) is 5. The van der Waals surface area contributed by atoms with Crippen molar-refractivity contribution in [2.45, 2.75) is 24.9 Å². The molecule has 3 N–H and O–H groups in total. The van der Waals surface area contributed by atoms with Crippen molar-refractivity contribution < 1.29 is 0 Å². The van der Waals surface area contributed by atoms with Gasteiger partial charge in [0.2, 0.25) is 0 Å². The number of fused-ring (bicyclic) bond motifs is 1. The van der Waals surface area contributed by atoms with E-state index in [0.29, 0.717) is 5.65 Å². The molecule has 1 aromatic carbocycles. The van der Waals surface area contributed by atoms with E-state index in [-0.39, 0.29) is 6.04 Å². The van der Waals surface area contributed by atoms with Crippen molar-refractivity contribution in [1.82, 2.24) is 19.9 Å². The predicted molar refractivity (Wildman–Crippen MR) is 85.3 cm³/mol. The SMILES string of the molecule is Cc1cc(C)cc(C(N)CSc2ncnc3nc[nH]c23)c1. The van der Waals surface area contributed by atoms with Gasteiger partial charge < -0.3 is 10.7 Å². The van der Waals surface area contributed by atoms with Crippen LogP contribution in [0.15, 0.2) is 35.9 Å². The molecule has 3 aromatic rings. The van der Waals surface area contributed by atoms with Crippen LogP contribution in [0.25, 0.3) is 11.2 Å². The van der Waals surface area contributed by atoms with Gasteiger partial charge in [-0.1, -0.05) is 29.3 Å². The van der Waals surface area contributed by atoms with Gasteiger partial charge in [0.05, 0.1) is 6.33 Å². The molecule has 0 saturated heterocycles. The molecule has 0 aliphatic heterocycles. The van der Waals surface area contributed by atoms with Gasteiger partial charge in [-0.25, -0.2) is 15.0 Å². The third-order valence-electron chi connectivity index (χ3n) is 3.26. The third kappa shape index (κ3) is 3.06. The Morgan fingerprint density at radius 3 is 2.67 bits per heavy atom. The first kappa shape index (κ1) is 14.0. The number of nitrogens with two attached hydrogens (primary N) is 1. The number of thioether (sulfide) groups is 1. The minimum absolute atomic E-state index is 0.0264. The zero-order valence-electron chi connectivity index (χ0n) is 12.0. The molecule has 1 atom stereocenters. The monoisotopic (exact) mass is 299 g/mol. The van der Waals surface area contributed by atoms with Crippen LogP contribution in [0.4, 0.5) is 0 Å². The number of hydrogen-bond donors (Lipinski definition) is 2. The van der Waals surface area contributed by atoms with E-state index in [1.165, 1.54) is 17.5 Å². The summed E-state index contributed by atoms with van der Waals surface area (Å²) in [7, 11) is 0. The van der Waals surface area contributed by atoms with Gasteiger partial charge in [0.15, 0.2) is 5.65 Å². The minimum Gasteiger partial charge on any atom is -0.341 e. The van der Waals surface area contributed by atoms with Crippen molar-refractivity contribution in [2.75, 3.05) is 5.75 Å². The van der Waals surface area contributed by atoms with Gasteiger partial charge in [-0.05, 0) is 19.4 Å². The highest BCUT2D eigenvalue weighted by Gasteiger charge is 2.11. The highest BCUT2D eigenvalue weighted by atomic mass is 32.2. The molecule has 0 bridgehead atoms. The fourth-order valence-corrected chi connectivity index (χ4v) is 3.29. The van der Waals surface area contributed by atoms with Crippen molar-refractivity contribution >= 4 is 22.9 Å². The fraction of sp³-hybridized carbons (Fsp3) is 0.267. The Hall–Kier alpha value is -1.92. The summed E-state index contributed by atoms with van der Waals surface area (Å²) in [6, 6.07) is 6.41. The molecule has 0 aliphatic rings. The number of aromatic nitrogens is 4. The molecule has 0 saturated carbocycles. The second-order valence-electron chi connectivity index (χ2n) is 5.12. The Morgan fingerprint density at radius 1 is 1.14 bits per heavy atom. The summed E-state index contributed by atoms with van der Waals surface area (Å²) in [5.74, 6) is 0.758. The van der Waals surface area contributed by atoms with Gasteiger partial charge in [0.1, 0.15) is 16.9 Å². The van der Waals surface area contributed by atoms with Crippen molar-refractivity contribution in [1.29, 1.82) is 0 Å². The third-order valence-corrected chi connectivity index (χ3v) is 4.37. The first-order valence-electron chi connectivity index (χ1n) is 6.74. The molecule has 0 radical (unpaired) electrons. The van der Waals surface area contributed by atoms with Crippen LogP contribution in [0.3, 0.4) is 0 Å². The number of aryl methyl sites for hydroxylation is 2. The summed E-state index contributed by atoms with van der Waals surface area (Å²) in [4.78, 5) is 15.6. The quantitative estimate of drug-likeness (QED) is 0.572. The van der Waals surface area contributed by atoms with Crippen LogP contribution >= 0.6 is 11.8 Å². The van der Waals surface area contributed by atoms with E-state index in [2.05, 4.69) is 52.0 Å². The number of H-pyrrole nitrogens is 1. The van der Waals surface area contributed by atoms with E-state index >= 15 is 0 Å². The number of nitrogens with one attached hydrogen (secondary N) is 1. The molecule has 0 aliphatic carbocycles. The Balaban J connectivity index is 1.76. The Bertz CT molecular complexity index is 747. The van der Waals surface area contributed by atoms with Crippen LogP contribution in [0, 0.1) is 13.8 Å². The van der Waals surface area contributed by atoms with Crippen LogP contribution < -0.4 is 5.73 Å². The summed E-state index contributed by atoms with van der Waals surface area (Å²) in [6.45, 7) is 4.18. The largest absolute Gasteiger partial charge is 0.341 e. The zero-order chi connectivity index (χ0) is 14.8. The molecular formula is C15H17N5S. The summed E-state index contributed by atoms with van der Waals surface area (Å²) in [6.07, 6.45) is 3.17. The maximum absolute atomic E-state index is 6.31.